The molecule has 0 unspecified atom stereocenters. The maximum atomic E-state index is 10.9. The molecule has 15 heavy (non-hydrogen) atoms. The number of thiophene rings is 1. The number of rotatable bonds is 3. The van der Waals surface area contributed by atoms with E-state index in [4.69, 9.17) is 11.6 Å². The molecule has 0 bridgehead atoms. The highest BCUT2D eigenvalue weighted by Crippen LogP contribution is 2.21. The first-order valence-electron chi connectivity index (χ1n) is 4.58. The Morgan fingerprint density at radius 1 is 1.13 bits per heavy atom. The van der Waals surface area contributed by atoms with Crippen LogP contribution in [0.15, 0.2) is 42.5 Å². The van der Waals surface area contributed by atoms with Gasteiger partial charge >= 0.3 is 0 Å². The molecule has 0 saturated carbocycles. The van der Waals surface area contributed by atoms with Gasteiger partial charge in [0.25, 0.3) is 5.24 Å². The molecule has 76 valence electrons. The lowest BCUT2D eigenvalue weighted by Crippen LogP contribution is -1.82. The van der Waals surface area contributed by atoms with Crippen LogP contribution in [0.1, 0.15) is 20.1 Å². The van der Waals surface area contributed by atoms with Gasteiger partial charge in [0.2, 0.25) is 0 Å². The topological polar surface area (TPSA) is 17.1 Å². The van der Waals surface area contributed by atoms with Crippen LogP contribution in [0.4, 0.5) is 0 Å². The summed E-state index contributed by atoms with van der Waals surface area (Å²) in [5, 5.41) is -0.376. The van der Waals surface area contributed by atoms with E-state index in [0.717, 1.165) is 11.3 Å². The lowest BCUT2D eigenvalue weighted by atomic mass is 10.1. The third-order valence-corrected chi connectivity index (χ3v) is 3.48. The Morgan fingerprint density at radius 3 is 2.47 bits per heavy atom. The lowest BCUT2D eigenvalue weighted by Gasteiger charge is -1.96. The summed E-state index contributed by atoms with van der Waals surface area (Å²) in [4.78, 5) is 12.7. The first-order chi connectivity index (χ1) is 7.25. The molecule has 0 spiro atoms. The van der Waals surface area contributed by atoms with Gasteiger partial charge in [0, 0.05) is 11.3 Å². The molecule has 2 aromatic rings. The fraction of sp³-hybridized carbons (Fsp3) is 0.0833. The van der Waals surface area contributed by atoms with Crippen LogP contribution in [0, 0.1) is 0 Å². The molecule has 0 amide bonds. The Bertz CT molecular complexity index is 461. The molecule has 0 N–H and O–H groups in total. The van der Waals surface area contributed by atoms with Crippen molar-refractivity contribution in [2.45, 2.75) is 6.42 Å². The van der Waals surface area contributed by atoms with E-state index in [-0.39, 0.29) is 5.24 Å². The van der Waals surface area contributed by atoms with Crippen LogP contribution in [0.25, 0.3) is 0 Å². The van der Waals surface area contributed by atoms with Crippen molar-refractivity contribution in [2.75, 3.05) is 0 Å². The van der Waals surface area contributed by atoms with Crippen molar-refractivity contribution >= 4 is 28.2 Å². The fourth-order valence-corrected chi connectivity index (χ4v) is 2.43. The van der Waals surface area contributed by atoms with Gasteiger partial charge in [-0.05, 0) is 29.3 Å². The lowest BCUT2D eigenvalue weighted by molar-refractivity contribution is 0.108. The highest BCUT2D eigenvalue weighted by Gasteiger charge is 2.06. The third-order valence-electron chi connectivity index (χ3n) is 2.08. The molecular weight excluding hydrogens is 228 g/mol. The van der Waals surface area contributed by atoms with Crippen molar-refractivity contribution in [1.82, 2.24) is 0 Å². The predicted octanol–water partition coefficient (Wildman–Crippen LogP) is 3.72. The minimum Gasteiger partial charge on any atom is -0.275 e. The summed E-state index contributed by atoms with van der Waals surface area (Å²) in [5.74, 6) is 0. The molecule has 2 rings (SSSR count). The monoisotopic (exact) mass is 236 g/mol. The summed E-state index contributed by atoms with van der Waals surface area (Å²) in [6, 6.07) is 13.9. The van der Waals surface area contributed by atoms with Crippen LogP contribution in [-0.4, -0.2) is 5.24 Å². The molecule has 0 aliphatic rings. The minimum absolute atomic E-state index is 0.376. The SMILES string of the molecule is O=C(Cl)c1ccc(Cc2ccccc2)s1. The highest BCUT2D eigenvalue weighted by atomic mass is 35.5. The Labute approximate surface area is 97.3 Å². The van der Waals surface area contributed by atoms with Crippen molar-refractivity contribution < 1.29 is 4.79 Å². The third kappa shape index (κ3) is 2.67. The Morgan fingerprint density at radius 2 is 1.87 bits per heavy atom. The van der Waals surface area contributed by atoms with Gasteiger partial charge in [0.1, 0.15) is 0 Å². The maximum absolute atomic E-state index is 10.9. The van der Waals surface area contributed by atoms with Crippen molar-refractivity contribution in [1.29, 1.82) is 0 Å². The average molecular weight is 237 g/mol. The molecule has 0 aliphatic heterocycles. The second-order valence-corrected chi connectivity index (χ2v) is 4.71. The second-order valence-electron chi connectivity index (χ2n) is 3.20. The zero-order valence-electron chi connectivity index (χ0n) is 7.94. The average Bonchev–Trinajstić information content (AvgIpc) is 2.68. The van der Waals surface area contributed by atoms with Gasteiger partial charge in [-0.3, -0.25) is 4.79 Å². The van der Waals surface area contributed by atoms with E-state index in [9.17, 15) is 4.79 Å². The van der Waals surface area contributed by atoms with E-state index in [1.165, 1.54) is 16.9 Å². The van der Waals surface area contributed by atoms with Gasteiger partial charge < -0.3 is 0 Å². The normalized spacial score (nSPS) is 10.2. The van der Waals surface area contributed by atoms with Crippen molar-refractivity contribution in [3.05, 3.63) is 57.8 Å². The van der Waals surface area contributed by atoms with E-state index in [1.54, 1.807) is 6.07 Å². The van der Waals surface area contributed by atoms with Gasteiger partial charge in [0.05, 0.1) is 4.88 Å². The summed E-state index contributed by atoms with van der Waals surface area (Å²) >= 11 is 6.85. The molecule has 0 aliphatic carbocycles. The molecule has 1 aromatic carbocycles. The summed E-state index contributed by atoms with van der Waals surface area (Å²) in [7, 11) is 0. The molecule has 0 fully saturated rings. The van der Waals surface area contributed by atoms with E-state index >= 15 is 0 Å². The molecule has 0 atom stereocenters. The summed E-state index contributed by atoms with van der Waals surface area (Å²) in [5.41, 5.74) is 1.24. The van der Waals surface area contributed by atoms with Gasteiger partial charge in [-0.25, -0.2) is 0 Å². The van der Waals surface area contributed by atoms with Crippen molar-refractivity contribution in [2.24, 2.45) is 0 Å². The number of halogens is 1. The number of benzene rings is 1. The predicted molar refractivity (Wildman–Crippen MR) is 63.8 cm³/mol. The summed E-state index contributed by atoms with van der Waals surface area (Å²) in [6.45, 7) is 0. The molecule has 0 saturated heterocycles. The molecule has 1 nitrogen and oxygen atoms in total. The standard InChI is InChI=1S/C12H9ClOS/c13-12(14)11-7-6-10(15-11)8-9-4-2-1-3-5-9/h1-7H,8H2. The van der Waals surface area contributed by atoms with Gasteiger partial charge in [0.15, 0.2) is 0 Å². The van der Waals surface area contributed by atoms with Crippen molar-refractivity contribution in [3.8, 4) is 0 Å². The first kappa shape index (κ1) is 10.4. The van der Waals surface area contributed by atoms with Crippen LogP contribution in [0.3, 0.4) is 0 Å². The maximum Gasteiger partial charge on any atom is 0.262 e. The van der Waals surface area contributed by atoms with Gasteiger partial charge in [-0.1, -0.05) is 30.3 Å². The Hall–Kier alpha value is -1.12. The van der Waals surface area contributed by atoms with E-state index < -0.39 is 0 Å². The second kappa shape index (κ2) is 4.60. The van der Waals surface area contributed by atoms with E-state index in [2.05, 4.69) is 12.1 Å². The molecule has 1 heterocycles. The molecule has 0 radical (unpaired) electrons. The molecular formula is C12H9ClOS. The number of carbonyl (C=O) groups is 1. The number of hydrogen-bond acceptors (Lipinski definition) is 2. The smallest absolute Gasteiger partial charge is 0.262 e. The van der Waals surface area contributed by atoms with Gasteiger partial charge in [-0.15, -0.1) is 11.3 Å². The van der Waals surface area contributed by atoms with E-state index in [1.807, 2.05) is 24.3 Å². The zero-order valence-corrected chi connectivity index (χ0v) is 9.52. The highest BCUT2D eigenvalue weighted by molar-refractivity contribution is 7.15. The van der Waals surface area contributed by atoms with Gasteiger partial charge in [-0.2, -0.15) is 0 Å². The largest absolute Gasteiger partial charge is 0.275 e. The summed E-state index contributed by atoms with van der Waals surface area (Å²) in [6.07, 6.45) is 0.857. The van der Waals surface area contributed by atoms with Crippen LogP contribution in [0.2, 0.25) is 0 Å². The number of hydrogen-bond donors (Lipinski definition) is 0. The first-order valence-corrected chi connectivity index (χ1v) is 5.77. The van der Waals surface area contributed by atoms with Crippen LogP contribution in [-0.2, 0) is 6.42 Å². The van der Waals surface area contributed by atoms with Crippen LogP contribution in [0.5, 0.6) is 0 Å². The van der Waals surface area contributed by atoms with Crippen LogP contribution < -0.4 is 0 Å². The summed E-state index contributed by atoms with van der Waals surface area (Å²) < 4.78 is 0. The van der Waals surface area contributed by atoms with Crippen molar-refractivity contribution in [3.63, 3.8) is 0 Å². The minimum atomic E-state index is -0.376. The van der Waals surface area contributed by atoms with Crippen LogP contribution >= 0.6 is 22.9 Å². The molecule has 3 heteroatoms. The Balaban J connectivity index is 2.15. The molecule has 1 aromatic heterocycles. The van der Waals surface area contributed by atoms with E-state index in [0.29, 0.717) is 4.88 Å². The Kier molecular flexibility index (Phi) is 3.19. The number of carbonyl (C=O) groups excluding carboxylic acids is 1. The quantitative estimate of drug-likeness (QED) is 0.743. The fourth-order valence-electron chi connectivity index (χ4n) is 1.38. The zero-order chi connectivity index (χ0) is 10.7.